The van der Waals surface area contributed by atoms with Crippen molar-refractivity contribution in [3.05, 3.63) is 29.8 Å². The Morgan fingerprint density at radius 1 is 1.44 bits per heavy atom. The molecule has 0 aromatic carbocycles. The van der Waals surface area contributed by atoms with E-state index >= 15 is 0 Å². The van der Waals surface area contributed by atoms with Crippen LogP contribution in [0.1, 0.15) is 24.5 Å². The van der Waals surface area contributed by atoms with Gasteiger partial charge in [0.05, 0.1) is 11.8 Å². The van der Waals surface area contributed by atoms with Crippen LogP contribution >= 0.6 is 23.3 Å². The van der Waals surface area contributed by atoms with Crippen LogP contribution in [0.15, 0.2) is 27.6 Å². The standard InChI is InChI=1S/C10H11N3OS2/c1-6(14)9-4-3-8(5-11-9)15-10-12-7(2)13-16-10/h3-6,14H,1-2H3/t6-/m0/s1. The van der Waals surface area contributed by atoms with E-state index in [0.717, 1.165) is 15.1 Å². The molecule has 0 radical (unpaired) electrons. The molecular formula is C10H11N3OS2. The Morgan fingerprint density at radius 3 is 2.75 bits per heavy atom. The molecule has 0 bridgehead atoms. The summed E-state index contributed by atoms with van der Waals surface area (Å²) in [5, 5.41) is 9.32. The molecule has 2 heterocycles. The number of rotatable bonds is 3. The van der Waals surface area contributed by atoms with Crippen LogP contribution in [0.4, 0.5) is 0 Å². The molecule has 1 atom stereocenters. The average Bonchev–Trinajstić information content (AvgIpc) is 2.65. The van der Waals surface area contributed by atoms with Crippen molar-refractivity contribution in [2.45, 2.75) is 29.2 Å². The number of hydrogen-bond donors (Lipinski definition) is 1. The number of aromatic nitrogens is 3. The van der Waals surface area contributed by atoms with Gasteiger partial charge >= 0.3 is 0 Å². The van der Waals surface area contributed by atoms with Crippen LogP contribution in [0.3, 0.4) is 0 Å². The maximum Gasteiger partial charge on any atom is 0.174 e. The van der Waals surface area contributed by atoms with Gasteiger partial charge in [0, 0.05) is 11.1 Å². The second-order valence-electron chi connectivity index (χ2n) is 3.30. The fourth-order valence-electron chi connectivity index (χ4n) is 1.12. The highest BCUT2D eigenvalue weighted by Gasteiger charge is 2.05. The molecule has 0 spiro atoms. The van der Waals surface area contributed by atoms with Crippen LogP contribution in [-0.2, 0) is 0 Å². The van der Waals surface area contributed by atoms with E-state index < -0.39 is 6.10 Å². The Kier molecular flexibility index (Phi) is 3.52. The van der Waals surface area contributed by atoms with Crippen molar-refractivity contribution in [3.63, 3.8) is 0 Å². The van der Waals surface area contributed by atoms with Gasteiger partial charge in [-0.1, -0.05) is 11.8 Å². The van der Waals surface area contributed by atoms with E-state index in [0.29, 0.717) is 5.69 Å². The highest BCUT2D eigenvalue weighted by molar-refractivity contribution is 8.01. The summed E-state index contributed by atoms with van der Waals surface area (Å²) in [6.07, 6.45) is 1.21. The minimum Gasteiger partial charge on any atom is -0.387 e. The number of aryl methyl sites for hydroxylation is 1. The van der Waals surface area contributed by atoms with E-state index in [2.05, 4.69) is 14.3 Å². The molecule has 2 rings (SSSR count). The summed E-state index contributed by atoms with van der Waals surface area (Å²) in [5.74, 6) is 0.793. The van der Waals surface area contributed by atoms with Crippen molar-refractivity contribution in [3.8, 4) is 0 Å². The highest BCUT2D eigenvalue weighted by atomic mass is 32.2. The summed E-state index contributed by atoms with van der Waals surface area (Å²) >= 11 is 2.91. The van der Waals surface area contributed by atoms with Crippen LogP contribution in [0.5, 0.6) is 0 Å². The average molecular weight is 253 g/mol. The van der Waals surface area contributed by atoms with Crippen molar-refractivity contribution in [2.24, 2.45) is 0 Å². The van der Waals surface area contributed by atoms with Gasteiger partial charge in [-0.2, -0.15) is 4.37 Å². The minimum absolute atomic E-state index is 0.525. The summed E-state index contributed by atoms with van der Waals surface area (Å²) < 4.78 is 5.01. The molecule has 84 valence electrons. The maximum absolute atomic E-state index is 9.32. The van der Waals surface area contributed by atoms with Crippen molar-refractivity contribution in [1.29, 1.82) is 0 Å². The molecule has 1 N–H and O–H groups in total. The van der Waals surface area contributed by atoms with E-state index in [1.807, 2.05) is 19.1 Å². The second kappa shape index (κ2) is 4.90. The first kappa shape index (κ1) is 11.5. The monoisotopic (exact) mass is 253 g/mol. The zero-order valence-corrected chi connectivity index (χ0v) is 10.5. The van der Waals surface area contributed by atoms with Gasteiger partial charge in [0.25, 0.3) is 0 Å². The van der Waals surface area contributed by atoms with Gasteiger partial charge in [0.15, 0.2) is 4.34 Å². The number of nitrogens with zero attached hydrogens (tertiary/aromatic N) is 3. The third kappa shape index (κ3) is 2.78. The topological polar surface area (TPSA) is 58.9 Å². The summed E-state index contributed by atoms with van der Waals surface area (Å²) in [4.78, 5) is 9.42. The first-order valence-corrected chi connectivity index (χ1v) is 6.36. The quantitative estimate of drug-likeness (QED) is 0.910. The first-order valence-electron chi connectivity index (χ1n) is 4.77. The molecular weight excluding hydrogens is 242 g/mol. The number of aliphatic hydroxyl groups is 1. The third-order valence-electron chi connectivity index (χ3n) is 1.90. The smallest absolute Gasteiger partial charge is 0.174 e. The van der Waals surface area contributed by atoms with Crippen LogP contribution < -0.4 is 0 Å². The lowest BCUT2D eigenvalue weighted by atomic mass is 10.2. The first-order chi connectivity index (χ1) is 7.65. The SMILES string of the molecule is Cc1nsc(Sc2ccc([C@H](C)O)nc2)n1. The van der Waals surface area contributed by atoms with E-state index in [1.54, 1.807) is 13.1 Å². The molecule has 0 unspecified atom stereocenters. The van der Waals surface area contributed by atoms with Crippen LogP contribution in [0, 0.1) is 6.92 Å². The van der Waals surface area contributed by atoms with Gasteiger partial charge in [-0.25, -0.2) is 4.98 Å². The summed E-state index contributed by atoms with van der Waals surface area (Å²) in [6.45, 7) is 3.57. The molecule has 4 nitrogen and oxygen atoms in total. The maximum atomic E-state index is 9.32. The lowest BCUT2D eigenvalue weighted by Gasteiger charge is -2.03. The van der Waals surface area contributed by atoms with E-state index in [9.17, 15) is 5.11 Å². The zero-order chi connectivity index (χ0) is 11.5. The van der Waals surface area contributed by atoms with E-state index in [4.69, 9.17) is 0 Å². The highest BCUT2D eigenvalue weighted by Crippen LogP contribution is 2.28. The Balaban J connectivity index is 2.11. The van der Waals surface area contributed by atoms with Gasteiger partial charge in [0.1, 0.15) is 5.82 Å². The molecule has 6 heteroatoms. The zero-order valence-electron chi connectivity index (χ0n) is 8.91. The van der Waals surface area contributed by atoms with Crippen LogP contribution in [0.25, 0.3) is 0 Å². The predicted octanol–water partition coefficient (Wildman–Crippen LogP) is 2.45. The van der Waals surface area contributed by atoms with E-state index in [1.165, 1.54) is 23.3 Å². The normalized spacial score (nSPS) is 12.7. The van der Waals surface area contributed by atoms with Gasteiger partial charge in [0.2, 0.25) is 0 Å². The molecule has 0 fully saturated rings. The molecule has 0 saturated heterocycles. The van der Waals surface area contributed by atoms with Gasteiger partial charge < -0.3 is 5.11 Å². The minimum atomic E-state index is -0.525. The Labute approximate surface area is 102 Å². The predicted molar refractivity (Wildman–Crippen MR) is 63.6 cm³/mol. The molecule has 16 heavy (non-hydrogen) atoms. The largest absolute Gasteiger partial charge is 0.387 e. The lowest BCUT2D eigenvalue weighted by molar-refractivity contribution is 0.194. The summed E-state index contributed by atoms with van der Waals surface area (Å²) in [6, 6.07) is 3.75. The number of pyridine rings is 1. The molecule has 0 saturated carbocycles. The van der Waals surface area contributed by atoms with Gasteiger partial charge in [-0.3, -0.25) is 4.98 Å². The molecule has 2 aromatic heterocycles. The second-order valence-corrected chi connectivity index (χ2v) is 5.38. The van der Waals surface area contributed by atoms with Crippen molar-refractivity contribution >= 4 is 23.3 Å². The Bertz CT molecular complexity index is 467. The van der Waals surface area contributed by atoms with Gasteiger partial charge in [-0.05, 0) is 37.5 Å². The molecule has 2 aromatic rings. The molecule has 0 aliphatic rings. The Morgan fingerprint density at radius 2 is 2.25 bits per heavy atom. The van der Waals surface area contributed by atoms with Crippen LogP contribution in [-0.4, -0.2) is 19.4 Å². The number of aliphatic hydroxyl groups excluding tert-OH is 1. The molecule has 0 amide bonds. The molecule has 0 aliphatic heterocycles. The fraction of sp³-hybridized carbons (Fsp3) is 0.300. The lowest BCUT2D eigenvalue weighted by Crippen LogP contribution is -1.94. The van der Waals surface area contributed by atoms with Crippen molar-refractivity contribution in [1.82, 2.24) is 14.3 Å². The van der Waals surface area contributed by atoms with Gasteiger partial charge in [-0.15, -0.1) is 0 Å². The summed E-state index contributed by atoms with van der Waals surface area (Å²) in [7, 11) is 0. The fourth-order valence-corrected chi connectivity index (χ4v) is 2.71. The molecule has 0 aliphatic carbocycles. The third-order valence-corrected chi connectivity index (χ3v) is 3.72. The van der Waals surface area contributed by atoms with E-state index in [-0.39, 0.29) is 0 Å². The van der Waals surface area contributed by atoms with Crippen molar-refractivity contribution < 1.29 is 5.11 Å². The van der Waals surface area contributed by atoms with Crippen molar-refractivity contribution in [2.75, 3.05) is 0 Å². The Hall–Kier alpha value is -0.980. The van der Waals surface area contributed by atoms with Crippen LogP contribution in [0.2, 0.25) is 0 Å². The number of hydrogen-bond acceptors (Lipinski definition) is 6. The summed E-state index contributed by atoms with van der Waals surface area (Å²) in [5.41, 5.74) is 0.679.